The van der Waals surface area contributed by atoms with E-state index in [4.69, 9.17) is 9.47 Å². The van der Waals surface area contributed by atoms with Crippen LogP contribution in [0.15, 0.2) is 24.3 Å². The van der Waals surface area contributed by atoms with Crippen LogP contribution in [-0.2, 0) is 9.53 Å². The monoisotopic (exact) mass is 297 g/mol. The standard InChI is InChI=1S/C15H20FNO4/c1-15(2)10-17(7-13(8-18)21-15)14(19)9-20-12-5-3-4-11(16)6-12/h3-6,13,18H,7-10H2,1-2H3. The highest BCUT2D eigenvalue weighted by Gasteiger charge is 2.35. The highest BCUT2D eigenvalue weighted by atomic mass is 19.1. The topological polar surface area (TPSA) is 59.0 Å². The molecule has 0 spiro atoms. The zero-order chi connectivity index (χ0) is 15.5. The maximum Gasteiger partial charge on any atom is 0.260 e. The minimum Gasteiger partial charge on any atom is -0.484 e. The van der Waals surface area contributed by atoms with E-state index in [2.05, 4.69) is 0 Å². The van der Waals surface area contributed by atoms with Crippen LogP contribution in [0.5, 0.6) is 5.75 Å². The molecule has 1 fully saturated rings. The lowest BCUT2D eigenvalue weighted by atomic mass is 10.1. The Labute approximate surface area is 123 Å². The number of carbonyl (C=O) groups excluding carboxylic acids is 1. The normalized spacial score (nSPS) is 21.1. The van der Waals surface area contributed by atoms with Crippen LogP contribution < -0.4 is 4.74 Å². The minimum atomic E-state index is -0.514. The first-order valence-corrected chi connectivity index (χ1v) is 6.84. The molecular formula is C15H20FNO4. The summed E-state index contributed by atoms with van der Waals surface area (Å²) in [5, 5.41) is 9.23. The van der Waals surface area contributed by atoms with Gasteiger partial charge in [0.2, 0.25) is 0 Å². The summed E-state index contributed by atoms with van der Waals surface area (Å²) in [5.74, 6) is -0.309. The summed E-state index contributed by atoms with van der Waals surface area (Å²) in [4.78, 5) is 13.8. The van der Waals surface area contributed by atoms with E-state index in [0.717, 1.165) is 0 Å². The Kier molecular flexibility index (Phi) is 4.80. The van der Waals surface area contributed by atoms with Crippen molar-refractivity contribution < 1.29 is 23.8 Å². The smallest absolute Gasteiger partial charge is 0.260 e. The fourth-order valence-corrected chi connectivity index (χ4v) is 2.37. The van der Waals surface area contributed by atoms with Gasteiger partial charge < -0.3 is 19.5 Å². The molecule has 1 N–H and O–H groups in total. The average molecular weight is 297 g/mol. The van der Waals surface area contributed by atoms with E-state index in [1.807, 2.05) is 13.8 Å². The summed E-state index contributed by atoms with van der Waals surface area (Å²) in [6, 6.07) is 5.66. The number of hydrogen-bond acceptors (Lipinski definition) is 4. The van der Waals surface area contributed by atoms with Crippen LogP contribution in [0.4, 0.5) is 4.39 Å². The van der Waals surface area contributed by atoms with E-state index in [9.17, 15) is 14.3 Å². The molecule has 0 aliphatic carbocycles. The largest absolute Gasteiger partial charge is 0.484 e. The first-order valence-electron chi connectivity index (χ1n) is 6.84. The average Bonchev–Trinajstić information content (AvgIpc) is 2.43. The Balaban J connectivity index is 1.93. The van der Waals surface area contributed by atoms with Crippen molar-refractivity contribution in [3.63, 3.8) is 0 Å². The highest BCUT2D eigenvalue weighted by Crippen LogP contribution is 2.21. The second-order valence-electron chi connectivity index (χ2n) is 5.70. The maximum absolute atomic E-state index is 13.0. The summed E-state index contributed by atoms with van der Waals surface area (Å²) in [5.41, 5.74) is -0.514. The summed E-state index contributed by atoms with van der Waals surface area (Å²) < 4.78 is 24.0. The van der Waals surface area contributed by atoms with Crippen molar-refractivity contribution in [2.45, 2.75) is 25.6 Å². The first kappa shape index (κ1) is 15.7. The van der Waals surface area contributed by atoms with Crippen LogP contribution in [0.1, 0.15) is 13.8 Å². The number of ether oxygens (including phenoxy) is 2. The quantitative estimate of drug-likeness (QED) is 0.907. The number of morpholine rings is 1. The fraction of sp³-hybridized carbons (Fsp3) is 0.533. The second kappa shape index (κ2) is 6.41. The van der Waals surface area contributed by atoms with Gasteiger partial charge in [-0.1, -0.05) is 6.07 Å². The number of benzene rings is 1. The molecule has 5 nitrogen and oxygen atoms in total. The van der Waals surface area contributed by atoms with Crippen LogP contribution in [-0.4, -0.2) is 53.9 Å². The van der Waals surface area contributed by atoms with Crippen molar-refractivity contribution in [1.82, 2.24) is 4.90 Å². The van der Waals surface area contributed by atoms with Gasteiger partial charge in [0, 0.05) is 19.2 Å². The molecule has 2 rings (SSSR count). The van der Waals surface area contributed by atoms with E-state index in [1.165, 1.54) is 18.2 Å². The molecule has 1 unspecified atom stereocenters. The summed E-state index contributed by atoms with van der Waals surface area (Å²) in [7, 11) is 0. The van der Waals surface area contributed by atoms with Gasteiger partial charge in [-0.15, -0.1) is 0 Å². The molecule has 0 bridgehead atoms. The first-order chi connectivity index (χ1) is 9.89. The number of carbonyl (C=O) groups is 1. The highest BCUT2D eigenvalue weighted by molar-refractivity contribution is 5.78. The number of aliphatic hydroxyl groups excluding tert-OH is 1. The minimum absolute atomic E-state index is 0.141. The number of hydrogen-bond donors (Lipinski definition) is 1. The molecule has 1 aliphatic rings. The van der Waals surface area contributed by atoms with Crippen molar-refractivity contribution in [1.29, 1.82) is 0 Å². The predicted molar refractivity (Wildman–Crippen MR) is 74.5 cm³/mol. The van der Waals surface area contributed by atoms with Gasteiger partial charge in [-0.3, -0.25) is 4.79 Å². The van der Waals surface area contributed by atoms with Gasteiger partial charge in [0.05, 0.1) is 18.3 Å². The summed E-state index contributed by atoms with van der Waals surface area (Å²) >= 11 is 0. The molecule has 0 radical (unpaired) electrons. The van der Waals surface area contributed by atoms with Crippen molar-refractivity contribution in [3.05, 3.63) is 30.1 Å². The van der Waals surface area contributed by atoms with Crippen molar-refractivity contribution in [2.24, 2.45) is 0 Å². The molecule has 1 aromatic carbocycles. The van der Waals surface area contributed by atoms with Crippen LogP contribution >= 0.6 is 0 Å². The lowest BCUT2D eigenvalue weighted by Crippen LogP contribution is -2.56. The Hall–Kier alpha value is -1.66. The van der Waals surface area contributed by atoms with E-state index >= 15 is 0 Å². The van der Waals surface area contributed by atoms with E-state index in [-0.39, 0.29) is 19.1 Å². The number of aliphatic hydroxyl groups is 1. The molecule has 21 heavy (non-hydrogen) atoms. The molecule has 0 saturated carbocycles. The summed E-state index contributed by atoms with van der Waals surface area (Å²) in [6.07, 6.45) is -0.396. The number of rotatable bonds is 4. The molecule has 1 aromatic rings. The number of halogens is 1. The second-order valence-corrected chi connectivity index (χ2v) is 5.70. The van der Waals surface area contributed by atoms with Gasteiger partial charge in [0.15, 0.2) is 6.61 Å². The lowest BCUT2D eigenvalue weighted by molar-refractivity contribution is -0.168. The van der Waals surface area contributed by atoms with Crippen molar-refractivity contribution in [2.75, 3.05) is 26.3 Å². The Bertz CT molecular complexity index is 506. The summed E-state index contributed by atoms with van der Waals surface area (Å²) in [6.45, 7) is 4.17. The third-order valence-electron chi connectivity index (χ3n) is 3.20. The van der Waals surface area contributed by atoms with Gasteiger partial charge in [-0.05, 0) is 26.0 Å². The van der Waals surface area contributed by atoms with Gasteiger partial charge in [0.1, 0.15) is 11.6 Å². The predicted octanol–water partition coefficient (Wildman–Crippen LogP) is 1.20. The molecule has 0 aromatic heterocycles. The number of nitrogens with zero attached hydrogens (tertiary/aromatic N) is 1. The molecule has 6 heteroatoms. The fourth-order valence-electron chi connectivity index (χ4n) is 2.37. The van der Waals surface area contributed by atoms with Gasteiger partial charge in [-0.25, -0.2) is 4.39 Å². The SMILES string of the molecule is CC1(C)CN(C(=O)COc2cccc(F)c2)CC(CO)O1. The van der Waals surface area contributed by atoms with Crippen molar-refractivity contribution >= 4 is 5.91 Å². The van der Waals surface area contributed by atoms with Crippen LogP contribution in [0, 0.1) is 5.82 Å². The molecule has 1 amide bonds. The molecular weight excluding hydrogens is 277 g/mol. The van der Waals surface area contributed by atoms with Gasteiger partial charge in [-0.2, -0.15) is 0 Å². The van der Waals surface area contributed by atoms with Crippen LogP contribution in [0.2, 0.25) is 0 Å². The third-order valence-corrected chi connectivity index (χ3v) is 3.20. The molecule has 1 heterocycles. The number of amides is 1. The van der Waals surface area contributed by atoms with E-state index in [1.54, 1.807) is 11.0 Å². The van der Waals surface area contributed by atoms with Gasteiger partial charge >= 0.3 is 0 Å². The Morgan fingerprint density at radius 1 is 1.57 bits per heavy atom. The Morgan fingerprint density at radius 3 is 3.00 bits per heavy atom. The van der Waals surface area contributed by atoms with Crippen LogP contribution in [0.3, 0.4) is 0 Å². The molecule has 1 atom stereocenters. The molecule has 1 saturated heterocycles. The lowest BCUT2D eigenvalue weighted by Gasteiger charge is -2.42. The Morgan fingerprint density at radius 2 is 2.33 bits per heavy atom. The van der Waals surface area contributed by atoms with Gasteiger partial charge in [0.25, 0.3) is 5.91 Å². The van der Waals surface area contributed by atoms with Crippen molar-refractivity contribution in [3.8, 4) is 5.75 Å². The molecule has 116 valence electrons. The maximum atomic E-state index is 13.0. The third kappa shape index (κ3) is 4.41. The molecule has 1 aliphatic heterocycles. The van der Waals surface area contributed by atoms with E-state index < -0.39 is 17.5 Å². The zero-order valence-electron chi connectivity index (χ0n) is 12.2. The zero-order valence-corrected chi connectivity index (χ0v) is 12.2. The van der Waals surface area contributed by atoms with E-state index in [0.29, 0.717) is 18.8 Å². The van der Waals surface area contributed by atoms with Crippen LogP contribution in [0.25, 0.3) is 0 Å².